The van der Waals surface area contributed by atoms with Crippen molar-refractivity contribution in [2.75, 3.05) is 0 Å². The van der Waals surface area contributed by atoms with Crippen LogP contribution >= 0.6 is 22.6 Å². The van der Waals surface area contributed by atoms with Gasteiger partial charge < -0.3 is 9.15 Å². The number of benzene rings is 1. The van der Waals surface area contributed by atoms with Crippen molar-refractivity contribution in [2.45, 2.75) is 23.7 Å². The van der Waals surface area contributed by atoms with Gasteiger partial charge in [0, 0.05) is 5.39 Å². The molecule has 0 aliphatic heterocycles. The molecule has 0 aliphatic rings. The molecule has 0 N–H and O–H groups in total. The Morgan fingerprint density at radius 1 is 1.47 bits per heavy atom. The van der Waals surface area contributed by atoms with Crippen LogP contribution in [0.5, 0.6) is 5.75 Å². The third kappa shape index (κ3) is 2.62. The van der Waals surface area contributed by atoms with Crippen LogP contribution in [0.25, 0.3) is 11.0 Å². The van der Waals surface area contributed by atoms with Crippen molar-refractivity contribution in [2.24, 2.45) is 0 Å². The summed E-state index contributed by atoms with van der Waals surface area (Å²) in [6, 6.07) is 7.19. The van der Waals surface area contributed by atoms with Gasteiger partial charge in [-0.3, -0.25) is 4.79 Å². The van der Waals surface area contributed by atoms with E-state index in [4.69, 9.17) is 9.15 Å². The standard InChI is InChI=1S/C13H13IO3/c1-3-13(2,14)12(15)17-10-4-5-11-9(8-10)6-7-16-11/h4-8H,3H2,1-2H3. The first kappa shape index (κ1) is 12.4. The average Bonchev–Trinajstić information content (AvgIpc) is 2.76. The van der Waals surface area contributed by atoms with E-state index in [2.05, 4.69) is 22.6 Å². The van der Waals surface area contributed by atoms with Crippen molar-refractivity contribution in [1.29, 1.82) is 0 Å². The lowest BCUT2D eigenvalue weighted by Gasteiger charge is -2.18. The molecule has 1 unspecified atom stereocenters. The number of alkyl halides is 1. The van der Waals surface area contributed by atoms with Crippen molar-refractivity contribution in [3.63, 3.8) is 0 Å². The number of esters is 1. The van der Waals surface area contributed by atoms with Crippen molar-refractivity contribution < 1.29 is 13.9 Å². The molecule has 1 heterocycles. The van der Waals surface area contributed by atoms with E-state index in [1.165, 1.54) is 0 Å². The second-order valence-corrected chi connectivity index (χ2v) is 6.44. The fourth-order valence-electron chi connectivity index (χ4n) is 1.37. The number of rotatable bonds is 3. The van der Waals surface area contributed by atoms with E-state index in [0.29, 0.717) is 5.75 Å². The van der Waals surface area contributed by atoms with Crippen LogP contribution in [-0.2, 0) is 4.79 Å². The molecule has 0 aliphatic carbocycles. The van der Waals surface area contributed by atoms with Gasteiger partial charge in [0.05, 0.1) is 6.26 Å². The highest BCUT2D eigenvalue weighted by molar-refractivity contribution is 14.1. The molecule has 90 valence electrons. The highest BCUT2D eigenvalue weighted by atomic mass is 127. The van der Waals surface area contributed by atoms with Gasteiger partial charge in [-0.15, -0.1) is 0 Å². The smallest absolute Gasteiger partial charge is 0.327 e. The van der Waals surface area contributed by atoms with Crippen LogP contribution < -0.4 is 4.74 Å². The first-order chi connectivity index (χ1) is 8.03. The van der Waals surface area contributed by atoms with E-state index in [0.717, 1.165) is 17.4 Å². The van der Waals surface area contributed by atoms with Crippen molar-refractivity contribution in [1.82, 2.24) is 0 Å². The molecule has 1 aromatic carbocycles. The summed E-state index contributed by atoms with van der Waals surface area (Å²) in [5.41, 5.74) is 0.789. The third-order valence-corrected chi connectivity index (χ3v) is 3.93. The van der Waals surface area contributed by atoms with Gasteiger partial charge in [0.2, 0.25) is 0 Å². The summed E-state index contributed by atoms with van der Waals surface area (Å²) in [6.45, 7) is 3.83. The minimum Gasteiger partial charge on any atom is -0.464 e. The third-order valence-electron chi connectivity index (χ3n) is 2.72. The number of furan rings is 1. The molecule has 2 rings (SSSR count). The van der Waals surface area contributed by atoms with Crippen molar-refractivity contribution in [3.05, 3.63) is 30.5 Å². The minimum absolute atomic E-state index is 0.219. The normalized spacial score (nSPS) is 14.5. The Balaban J connectivity index is 2.21. The number of hydrogen-bond acceptors (Lipinski definition) is 3. The Morgan fingerprint density at radius 3 is 2.94 bits per heavy atom. The number of carbonyl (C=O) groups excluding carboxylic acids is 1. The molecule has 0 fully saturated rings. The molecule has 1 atom stereocenters. The molecule has 3 nitrogen and oxygen atoms in total. The fraction of sp³-hybridized carbons (Fsp3) is 0.308. The summed E-state index contributed by atoms with van der Waals surface area (Å²) < 4.78 is 10.1. The summed E-state index contributed by atoms with van der Waals surface area (Å²) in [5, 5.41) is 0.932. The van der Waals surface area contributed by atoms with Crippen LogP contribution in [0.2, 0.25) is 0 Å². The van der Waals surface area contributed by atoms with Crippen LogP contribution in [0.4, 0.5) is 0 Å². The lowest BCUT2D eigenvalue weighted by Crippen LogP contribution is -2.31. The molecule has 0 radical (unpaired) electrons. The molecule has 1 aromatic heterocycles. The first-order valence-corrected chi connectivity index (χ1v) is 6.49. The predicted molar refractivity (Wildman–Crippen MR) is 74.6 cm³/mol. The van der Waals surface area contributed by atoms with Gasteiger partial charge in [0.25, 0.3) is 0 Å². The Morgan fingerprint density at radius 2 is 2.24 bits per heavy atom. The van der Waals surface area contributed by atoms with Gasteiger partial charge >= 0.3 is 5.97 Å². The van der Waals surface area contributed by atoms with Crippen LogP contribution in [0.15, 0.2) is 34.9 Å². The Labute approximate surface area is 113 Å². The van der Waals surface area contributed by atoms with E-state index in [1.807, 2.05) is 19.9 Å². The summed E-state index contributed by atoms with van der Waals surface area (Å²) in [5.74, 6) is 0.337. The van der Waals surface area contributed by atoms with Gasteiger partial charge in [-0.1, -0.05) is 29.5 Å². The number of ether oxygens (including phenoxy) is 1. The maximum atomic E-state index is 11.9. The van der Waals surface area contributed by atoms with Gasteiger partial charge in [-0.2, -0.15) is 0 Å². The zero-order valence-corrected chi connectivity index (χ0v) is 11.9. The molecule has 0 saturated heterocycles. The monoisotopic (exact) mass is 344 g/mol. The van der Waals surface area contributed by atoms with E-state index in [-0.39, 0.29) is 5.97 Å². The SMILES string of the molecule is CCC(C)(I)C(=O)Oc1ccc2occc2c1. The lowest BCUT2D eigenvalue weighted by molar-refractivity contribution is -0.136. The lowest BCUT2D eigenvalue weighted by atomic mass is 10.1. The van der Waals surface area contributed by atoms with E-state index < -0.39 is 3.42 Å². The average molecular weight is 344 g/mol. The number of hydrogen-bond donors (Lipinski definition) is 0. The number of halogens is 1. The summed E-state index contributed by atoms with van der Waals surface area (Å²) >= 11 is 2.12. The van der Waals surface area contributed by atoms with E-state index >= 15 is 0 Å². The van der Waals surface area contributed by atoms with Crippen molar-refractivity contribution >= 4 is 39.5 Å². The second-order valence-electron chi connectivity index (χ2n) is 4.06. The molecular weight excluding hydrogens is 331 g/mol. The fourth-order valence-corrected chi connectivity index (χ4v) is 1.48. The quantitative estimate of drug-likeness (QED) is 0.366. The molecule has 2 aromatic rings. The van der Waals surface area contributed by atoms with Crippen LogP contribution in [0, 0.1) is 0 Å². The molecular formula is C13H13IO3. The number of carbonyl (C=O) groups is 1. The van der Waals surface area contributed by atoms with Crippen LogP contribution in [0.1, 0.15) is 20.3 Å². The molecule has 0 amide bonds. The maximum absolute atomic E-state index is 11.9. The second kappa shape index (κ2) is 4.68. The van der Waals surface area contributed by atoms with Gasteiger partial charge in [-0.25, -0.2) is 0 Å². The minimum atomic E-state index is -0.483. The van der Waals surface area contributed by atoms with Gasteiger partial charge in [-0.05, 0) is 37.6 Å². The highest BCUT2D eigenvalue weighted by Gasteiger charge is 2.29. The molecule has 0 bridgehead atoms. The van der Waals surface area contributed by atoms with E-state index in [9.17, 15) is 4.79 Å². The largest absolute Gasteiger partial charge is 0.464 e. The van der Waals surface area contributed by atoms with Crippen molar-refractivity contribution in [3.8, 4) is 5.75 Å². The Kier molecular flexibility index (Phi) is 3.42. The first-order valence-electron chi connectivity index (χ1n) is 5.41. The van der Waals surface area contributed by atoms with Gasteiger partial charge in [0.1, 0.15) is 14.8 Å². The summed E-state index contributed by atoms with van der Waals surface area (Å²) in [4.78, 5) is 11.9. The number of fused-ring (bicyclic) bond motifs is 1. The molecule has 4 heteroatoms. The molecule has 17 heavy (non-hydrogen) atoms. The zero-order chi connectivity index (χ0) is 12.5. The molecule has 0 spiro atoms. The summed E-state index contributed by atoms with van der Waals surface area (Å²) in [6.07, 6.45) is 2.35. The maximum Gasteiger partial charge on any atom is 0.327 e. The highest BCUT2D eigenvalue weighted by Crippen LogP contribution is 2.27. The van der Waals surface area contributed by atoms with E-state index in [1.54, 1.807) is 24.5 Å². The topological polar surface area (TPSA) is 39.4 Å². The Bertz CT molecular complexity index is 542. The summed E-state index contributed by atoms with van der Waals surface area (Å²) in [7, 11) is 0. The van der Waals surface area contributed by atoms with Crippen LogP contribution in [-0.4, -0.2) is 9.39 Å². The predicted octanol–water partition coefficient (Wildman–Crippen LogP) is 3.94. The van der Waals surface area contributed by atoms with Gasteiger partial charge in [0.15, 0.2) is 0 Å². The molecule has 0 saturated carbocycles. The Hall–Kier alpha value is -1.04. The zero-order valence-electron chi connectivity index (χ0n) is 9.70. The van der Waals surface area contributed by atoms with Crippen LogP contribution in [0.3, 0.4) is 0 Å².